The van der Waals surface area contributed by atoms with Gasteiger partial charge in [-0.15, -0.1) is 20.2 Å². The molecule has 2 N–H and O–H groups in total. The summed E-state index contributed by atoms with van der Waals surface area (Å²) in [5.41, 5.74) is 5.76. The maximum atomic E-state index is 13.2. The van der Waals surface area contributed by atoms with Gasteiger partial charge in [0.05, 0.1) is 16.3 Å². The van der Waals surface area contributed by atoms with E-state index in [-0.39, 0.29) is 25.4 Å². The van der Waals surface area contributed by atoms with Gasteiger partial charge in [0.1, 0.15) is 36.0 Å². The number of anilines is 1. The molecule has 240 valence electrons. The van der Waals surface area contributed by atoms with Gasteiger partial charge in [-0.05, 0) is 73.1 Å². The summed E-state index contributed by atoms with van der Waals surface area (Å²) >= 11 is 0. The Balaban J connectivity index is 0.000000259. The first kappa shape index (κ1) is 34.4. The number of nitrogens with one attached hydrogen (secondary N) is 2. The summed E-state index contributed by atoms with van der Waals surface area (Å²) in [6.07, 6.45) is -3.23. The van der Waals surface area contributed by atoms with Gasteiger partial charge in [-0.3, -0.25) is 9.80 Å². The Labute approximate surface area is 256 Å². The van der Waals surface area contributed by atoms with Gasteiger partial charge in [0.25, 0.3) is 16.6 Å². The zero-order chi connectivity index (χ0) is 33.1. The number of hydrazine groups is 1. The van der Waals surface area contributed by atoms with E-state index < -0.39 is 33.4 Å². The Morgan fingerprint density at radius 2 is 1.53 bits per heavy atom. The minimum atomic E-state index is -4.40. The highest BCUT2D eigenvalue weighted by Gasteiger charge is 2.43. The van der Waals surface area contributed by atoms with Crippen LogP contribution in [0.5, 0.6) is 5.75 Å². The number of carbonyl (C=O) groups excluding carboxylic acids is 1. The fourth-order valence-electron chi connectivity index (χ4n) is 3.92. The minimum absolute atomic E-state index is 0.0707. The summed E-state index contributed by atoms with van der Waals surface area (Å²) in [5.74, 6) is 0.0707. The van der Waals surface area contributed by atoms with E-state index in [9.17, 15) is 42.4 Å². The number of carbonyl (C=O) groups is 1. The van der Waals surface area contributed by atoms with Crippen LogP contribution in [0.15, 0.2) is 77.7 Å². The number of benzene rings is 3. The van der Waals surface area contributed by atoms with Crippen molar-refractivity contribution >= 4 is 28.8 Å². The molecule has 2 atom stereocenters. The highest BCUT2D eigenvalue weighted by molar-refractivity contribution is 7.83. The van der Waals surface area contributed by atoms with E-state index in [1.807, 2.05) is 19.1 Å². The third-order valence-electron chi connectivity index (χ3n) is 5.91. The molecule has 2 unspecified atom stereocenters. The molecular formula is C27H26F3N5O9S. The number of alkyl halides is 3. The Morgan fingerprint density at radius 3 is 2.00 bits per heavy atom. The van der Waals surface area contributed by atoms with Crippen LogP contribution in [-0.2, 0) is 38.7 Å². The molecule has 3 aromatic rings. The summed E-state index contributed by atoms with van der Waals surface area (Å²) in [6, 6.07) is 16.1. The smallest absolute Gasteiger partial charge is 0.409 e. The van der Waals surface area contributed by atoms with Crippen molar-refractivity contribution in [2.75, 3.05) is 12.1 Å². The molecule has 0 aromatic heterocycles. The van der Waals surface area contributed by atoms with Gasteiger partial charge in [0, 0.05) is 0 Å². The lowest BCUT2D eigenvalue weighted by molar-refractivity contribution is -0.763. The third kappa shape index (κ3) is 10.3. The fourth-order valence-corrected chi connectivity index (χ4v) is 4.54. The lowest BCUT2D eigenvalue weighted by atomic mass is 10.1. The maximum Gasteiger partial charge on any atom is 0.409 e. The summed E-state index contributed by atoms with van der Waals surface area (Å²) in [5, 5.41) is 19.6. The van der Waals surface area contributed by atoms with Crippen molar-refractivity contribution in [2.45, 2.75) is 37.3 Å². The van der Waals surface area contributed by atoms with Crippen LogP contribution in [0.3, 0.4) is 0 Å². The molecule has 14 nitrogen and oxygen atoms in total. The van der Waals surface area contributed by atoms with Crippen LogP contribution in [0.2, 0.25) is 0 Å². The van der Waals surface area contributed by atoms with Crippen LogP contribution >= 0.6 is 0 Å². The quantitative estimate of drug-likeness (QED) is 0.163. The number of rotatable bonds is 12. The minimum Gasteiger partial charge on any atom is -0.429 e. The molecule has 4 rings (SSSR count). The zero-order valence-electron chi connectivity index (χ0n) is 23.6. The number of nitrogens with zero attached hydrogens (tertiary/aromatic N) is 3. The van der Waals surface area contributed by atoms with Gasteiger partial charge in [0.2, 0.25) is 0 Å². The van der Waals surface area contributed by atoms with E-state index in [2.05, 4.69) is 24.6 Å². The molecule has 18 heteroatoms. The second-order valence-corrected chi connectivity index (χ2v) is 10.5. The Morgan fingerprint density at radius 1 is 0.978 bits per heavy atom. The third-order valence-corrected chi connectivity index (χ3v) is 6.98. The van der Waals surface area contributed by atoms with Crippen molar-refractivity contribution in [1.29, 1.82) is 0 Å². The molecule has 0 saturated heterocycles. The molecule has 0 saturated carbocycles. The van der Waals surface area contributed by atoms with Crippen molar-refractivity contribution in [2.24, 2.45) is 0 Å². The van der Waals surface area contributed by atoms with Gasteiger partial charge in [0.15, 0.2) is 0 Å². The van der Waals surface area contributed by atoms with E-state index in [1.165, 1.54) is 29.3 Å². The molecule has 0 spiro atoms. The Bertz CT molecular complexity index is 1520. The average Bonchev–Trinajstić information content (AvgIpc) is 3.46. The molecule has 45 heavy (non-hydrogen) atoms. The second-order valence-electron chi connectivity index (χ2n) is 9.06. The molecule has 0 aliphatic carbocycles. The first-order valence-corrected chi connectivity index (χ1v) is 13.8. The van der Waals surface area contributed by atoms with Gasteiger partial charge in [-0.1, -0.05) is 35.9 Å². The number of hydrogen-bond donors (Lipinski definition) is 2. The zero-order valence-corrected chi connectivity index (χ0v) is 24.4. The number of ether oxygens (including phenoxy) is 1. The van der Waals surface area contributed by atoms with E-state index in [0.29, 0.717) is 33.0 Å². The molecule has 0 bridgehead atoms. The maximum absolute atomic E-state index is 13.2. The van der Waals surface area contributed by atoms with E-state index >= 15 is 0 Å². The van der Waals surface area contributed by atoms with Crippen LogP contribution in [0, 0.1) is 27.2 Å². The van der Waals surface area contributed by atoms with Gasteiger partial charge in [-0.2, -0.15) is 13.2 Å². The lowest BCUT2D eigenvalue weighted by Crippen LogP contribution is -2.44. The SMILES string of the molecule is CNS(=O)c1ccc(N2NC(C(F)(F)F)C=C2c2ccc(C)cc2)cc1.O=COc1cc(CO[N+](=O)[O-])cc(CO[N+](=O)[O-])c1. The lowest BCUT2D eigenvalue weighted by Gasteiger charge is -2.25. The molecular weight excluding hydrogens is 627 g/mol. The van der Waals surface area contributed by atoms with Crippen molar-refractivity contribution < 1.29 is 46.8 Å². The number of halogens is 3. The molecule has 0 radical (unpaired) electrons. The fraction of sp³-hybridized carbons (Fsp3) is 0.222. The summed E-state index contributed by atoms with van der Waals surface area (Å²) < 4.78 is 58.7. The average molecular weight is 654 g/mol. The van der Waals surface area contributed by atoms with Gasteiger partial charge in [-0.25, -0.2) is 14.4 Å². The topological polar surface area (TPSA) is 175 Å². The molecule has 1 heterocycles. The summed E-state index contributed by atoms with van der Waals surface area (Å²) in [6.45, 7) is 1.32. The molecule has 1 aliphatic heterocycles. The largest absolute Gasteiger partial charge is 0.429 e. The highest BCUT2D eigenvalue weighted by atomic mass is 32.2. The van der Waals surface area contributed by atoms with Gasteiger partial charge >= 0.3 is 6.18 Å². The molecule has 0 amide bonds. The van der Waals surface area contributed by atoms with Crippen LogP contribution in [0.4, 0.5) is 18.9 Å². The van der Waals surface area contributed by atoms with E-state index in [1.54, 1.807) is 43.4 Å². The van der Waals surface area contributed by atoms with Crippen molar-refractivity contribution in [3.8, 4) is 5.75 Å². The van der Waals surface area contributed by atoms with Crippen LogP contribution in [0.1, 0.15) is 22.3 Å². The monoisotopic (exact) mass is 653 g/mol. The van der Waals surface area contributed by atoms with Gasteiger partial charge < -0.3 is 14.4 Å². The summed E-state index contributed by atoms with van der Waals surface area (Å²) in [4.78, 5) is 39.2. The Kier molecular flexibility index (Phi) is 11.9. The standard InChI is InChI=1S/C18H18F3N3OS.C9H8N2O8/c1-12-3-5-13(6-4-12)16-11-17(18(19,20)21)23-24(16)14-7-9-15(10-8-14)26(25)22-2;12-6-17-9-2-7(4-18-10(13)14)1-8(3-9)5-19-11(15)16/h3-11,17,22-23H,1-2H3;1-3,6H,4-5H2. The predicted molar refractivity (Wildman–Crippen MR) is 153 cm³/mol. The number of hydrogen-bond acceptors (Lipinski definition) is 11. The van der Waals surface area contributed by atoms with Crippen molar-refractivity contribution in [3.05, 3.63) is 115 Å². The normalized spacial score (nSPS) is 14.8. The molecule has 1 aliphatic rings. The molecule has 0 fully saturated rings. The first-order chi connectivity index (χ1) is 21.3. The highest BCUT2D eigenvalue weighted by Crippen LogP contribution is 2.35. The molecule has 3 aromatic carbocycles. The number of aryl methyl sites for hydroxylation is 1. The Hall–Kier alpha value is -5.07. The summed E-state index contributed by atoms with van der Waals surface area (Å²) in [7, 11) is 0.216. The van der Waals surface area contributed by atoms with E-state index in [4.69, 9.17) is 0 Å². The van der Waals surface area contributed by atoms with E-state index in [0.717, 1.165) is 5.56 Å². The predicted octanol–water partition coefficient (Wildman–Crippen LogP) is 4.17. The van der Waals surface area contributed by atoms with Crippen molar-refractivity contribution in [3.63, 3.8) is 0 Å². The van der Waals surface area contributed by atoms with Crippen LogP contribution in [-0.4, -0.2) is 40.1 Å². The van der Waals surface area contributed by atoms with Crippen LogP contribution in [0.25, 0.3) is 5.70 Å². The van der Waals surface area contributed by atoms with Crippen molar-refractivity contribution in [1.82, 2.24) is 10.1 Å². The second kappa shape index (κ2) is 15.6. The first-order valence-electron chi connectivity index (χ1n) is 12.7. The van der Waals surface area contributed by atoms with Crippen LogP contribution < -0.4 is 19.9 Å².